The first-order chi connectivity index (χ1) is 15.4. The summed E-state index contributed by atoms with van der Waals surface area (Å²) in [6.45, 7) is 3.71. The van der Waals surface area contributed by atoms with Crippen molar-refractivity contribution in [3.63, 3.8) is 0 Å². The lowest BCUT2D eigenvalue weighted by molar-refractivity contribution is -0.136. The van der Waals surface area contributed by atoms with Crippen LogP contribution in [0, 0.1) is 6.92 Å². The van der Waals surface area contributed by atoms with Gasteiger partial charge in [-0.3, -0.25) is 19.7 Å². The molecule has 1 saturated carbocycles. The minimum absolute atomic E-state index is 0.0220. The van der Waals surface area contributed by atoms with E-state index in [1.807, 2.05) is 6.92 Å². The molecule has 0 spiro atoms. The molecule has 9 nitrogen and oxygen atoms in total. The summed E-state index contributed by atoms with van der Waals surface area (Å²) in [4.78, 5) is 37.2. The van der Waals surface area contributed by atoms with Gasteiger partial charge in [0, 0.05) is 24.6 Å². The molecule has 1 aliphatic carbocycles. The summed E-state index contributed by atoms with van der Waals surface area (Å²) in [7, 11) is 0. The second-order valence-electron chi connectivity index (χ2n) is 9.24. The maximum absolute atomic E-state index is 12.7. The number of nitrogens with zero attached hydrogens (tertiary/aromatic N) is 2. The first-order valence-corrected chi connectivity index (χ1v) is 12.2. The highest BCUT2D eigenvalue weighted by Crippen LogP contribution is 2.19. The Morgan fingerprint density at radius 1 is 1.00 bits per heavy atom. The fraction of sp³-hybridized carbons (Fsp3) is 0.739. The molecular formula is C23H38N6O3. The Labute approximate surface area is 190 Å². The molecule has 0 bridgehead atoms. The number of hydrogen-bond acceptors (Lipinski definition) is 5. The van der Waals surface area contributed by atoms with Crippen LogP contribution < -0.4 is 21.3 Å². The van der Waals surface area contributed by atoms with Crippen LogP contribution in [0.5, 0.6) is 0 Å². The number of rotatable bonds is 3. The number of amides is 3. The third kappa shape index (κ3) is 7.32. The zero-order chi connectivity index (χ0) is 22.9. The van der Waals surface area contributed by atoms with Gasteiger partial charge in [-0.05, 0) is 26.7 Å². The van der Waals surface area contributed by atoms with E-state index < -0.39 is 18.1 Å². The summed E-state index contributed by atoms with van der Waals surface area (Å²) in [6.07, 6.45) is 12.5. The zero-order valence-corrected chi connectivity index (χ0v) is 19.4. The number of nitrogens with one attached hydrogen (secondary N) is 4. The molecule has 32 heavy (non-hydrogen) atoms. The van der Waals surface area contributed by atoms with Crippen LogP contribution in [0.2, 0.25) is 0 Å². The van der Waals surface area contributed by atoms with Crippen LogP contribution in [0.15, 0.2) is 6.07 Å². The summed E-state index contributed by atoms with van der Waals surface area (Å²) in [5.74, 6) is -1.06. The molecule has 9 heteroatoms. The predicted molar refractivity (Wildman–Crippen MR) is 123 cm³/mol. The Kier molecular flexibility index (Phi) is 9.08. The number of aromatic nitrogens is 2. The Balaban J connectivity index is 1.58. The van der Waals surface area contributed by atoms with Gasteiger partial charge in [-0.25, -0.2) is 4.68 Å². The first kappa shape index (κ1) is 24.2. The molecular weight excluding hydrogens is 408 g/mol. The van der Waals surface area contributed by atoms with Gasteiger partial charge < -0.3 is 16.0 Å². The lowest BCUT2D eigenvalue weighted by Gasteiger charge is -2.30. The van der Waals surface area contributed by atoms with Gasteiger partial charge >= 0.3 is 11.8 Å². The molecule has 2 unspecified atom stereocenters. The molecule has 3 amide bonds. The molecule has 4 N–H and O–H groups in total. The molecule has 1 saturated heterocycles. The predicted octanol–water partition coefficient (Wildman–Crippen LogP) is 2.87. The Hall–Kier alpha value is -2.42. The number of carbonyl (C=O) groups is 3. The van der Waals surface area contributed by atoms with Gasteiger partial charge in [0.1, 0.15) is 5.82 Å². The molecule has 0 radical (unpaired) electrons. The molecule has 2 fully saturated rings. The van der Waals surface area contributed by atoms with Crippen LogP contribution in [-0.2, 0) is 14.4 Å². The van der Waals surface area contributed by atoms with Gasteiger partial charge in [-0.15, -0.1) is 0 Å². The summed E-state index contributed by atoms with van der Waals surface area (Å²) in [5.41, 5.74) is 0.675. The van der Waals surface area contributed by atoms with E-state index in [1.165, 1.54) is 49.6 Å². The summed E-state index contributed by atoms with van der Waals surface area (Å²) < 4.78 is 1.50. The highest BCUT2D eigenvalue weighted by molar-refractivity contribution is 6.39. The first-order valence-electron chi connectivity index (χ1n) is 12.2. The topological polar surface area (TPSA) is 117 Å². The van der Waals surface area contributed by atoms with E-state index >= 15 is 0 Å². The molecule has 178 valence electrons. The van der Waals surface area contributed by atoms with Gasteiger partial charge in [-0.2, -0.15) is 5.10 Å². The normalized spacial score (nSPS) is 24.0. The minimum Gasteiger partial charge on any atom is -0.345 e. The van der Waals surface area contributed by atoms with Crippen LogP contribution in [0.3, 0.4) is 0 Å². The highest BCUT2D eigenvalue weighted by atomic mass is 16.2. The third-order valence-electron chi connectivity index (χ3n) is 6.22. The SMILES string of the molecule is Cc1cc(NC(=O)C(=O)NC2CCCCCCCCCCC2)n(C2NC(=O)CC(C)N2)n1. The van der Waals surface area contributed by atoms with Crippen molar-refractivity contribution in [3.8, 4) is 0 Å². The fourth-order valence-corrected chi connectivity index (χ4v) is 4.53. The van der Waals surface area contributed by atoms with E-state index in [4.69, 9.17) is 0 Å². The smallest absolute Gasteiger partial charge is 0.314 e. The number of carbonyl (C=O) groups excluding carboxylic acids is 3. The van der Waals surface area contributed by atoms with E-state index in [1.54, 1.807) is 13.0 Å². The molecule has 2 atom stereocenters. The second kappa shape index (κ2) is 12.0. The summed E-state index contributed by atoms with van der Waals surface area (Å²) in [5, 5.41) is 16.1. The van der Waals surface area contributed by atoms with Crippen molar-refractivity contribution in [1.29, 1.82) is 0 Å². The zero-order valence-electron chi connectivity index (χ0n) is 19.4. The number of anilines is 1. The molecule has 1 aliphatic heterocycles. The van der Waals surface area contributed by atoms with Crippen molar-refractivity contribution < 1.29 is 14.4 Å². The van der Waals surface area contributed by atoms with Crippen molar-refractivity contribution in [2.45, 2.75) is 109 Å². The van der Waals surface area contributed by atoms with Gasteiger partial charge in [-0.1, -0.05) is 57.8 Å². The van der Waals surface area contributed by atoms with Crippen molar-refractivity contribution in [3.05, 3.63) is 11.8 Å². The largest absolute Gasteiger partial charge is 0.345 e. The van der Waals surface area contributed by atoms with Crippen molar-refractivity contribution in [1.82, 2.24) is 25.7 Å². The lowest BCUT2D eigenvalue weighted by atomic mass is 9.98. The minimum atomic E-state index is -0.715. The Morgan fingerprint density at radius 2 is 1.59 bits per heavy atom. The van der Waals surface area contributed by atoms with Gasteiger partial charge in [0.2, 0.25) is 5.91 Å². The lowest BCUT2D eigenvalue weighted by Crippen LogP contribution is -2.52. The number of hydrogen-bond donors (Lipinski definition) is 4. The van der Waals surface area contributed by atoms with Crippen LogP contribution in [0.25, 0.3) is 0 Å². The van der Waals surface area contributed by atoms with E-state index in [-0.39, 0.29) is 18.0 Å². The van der Waals surface area contributed by atoms with Gasteiger partial charge in [0.05, 0.1) is 5.69 Å². The highest BCUT2D eigenvalue weighted by Gasteiger charge is 2.28. The van der Waals surface area contributed by atoms with Gasteiger partial charge in [0.25, 0.3) is 0 Å². The van der Waals surface area contributed by atoms with E-state index in [2.05, 4.69) is 26.4 Å². The maximum Gasteiger partial charge on any atom is 0.314 e. The Bertz CT molecular complexity index is 781. The molecule has 1 aromatic heterocycles. The van der Waals surface area contributed by atoms with Crippen LogP contribution in [0.4, 0.5) is 5.82 Å². The summed E-state index contributed by atoms with van der Waals surface area (Å²) in [6, 6.07) is 1.69. The second-order valence-corrected chi connectivity index (χ2v) is 9.24. The fourth-order valence-electron chi connectivity index (χ4n) is 4.53. The molecule has 2 heterocycles. The number of aryl methyl sites for hydroxylation is 1. The third-order valence-corrected chi connectivity index (χ3v) is 6.22. The molecule has 1 aromatic rings. The van der Waals surface area contributed by atoms with Crippen LogP contribution in [-0.4, -0.2) is 39.6 Å². The van der Waals surface area contributed by atoms with Crippen LogP contribution >= 0.6 is 0 Å². The maximum atomic E-state index is 12.7. The van der Waals surface area contributed by atoms with E-state index in [0.29, 0.717) is 17.9 Å². The average Bonchev–Trinajstić information content (AvgIpc) is 3.09. The van der Waals surface area contributed by atoms with E-state index in [0.717, 1.165) is 25.7 Å². The molecule has 3 rings (SSSR count). The van der Waals surface area contributed by atoms with Crippen molar-refractivity contribution in [2.24, 2.45) is 0 Å². The van der Waals surface area contributed by atoms with Crippen molar-refractivity contribution >= 4 is 23.5 Å². The average molecular weight is 447 g/mol. The van der Waals surface area contributed by atoms with Gasteiger partial charge in [0.15, 0.2) is 6.29 Å². The monoisotopic (exact) mass is 446 g/mol. The molecule has 0 aromatic carbocycles. The molecule has 2 aliphatic rings. The van der Waals surface area contributed by atoms with Crippen molar-refractivity contribution in [2.75, 3.05) is 5.32 Å². The standard InChI is InChI=1S/C23H38N6O3/c1-16-15-20(30)27-23(24-16)29-19(14-17(2)28-29)26-22(32)21(31)25-18-12-10-8-6-4-3-5-7-9-11-13-18/h14,16,18,23-24H,3-13,15H2,1-2H3,(H,25,31)(H,26,32)(H,27,30). The Morgan fingerprint density at radius 3 is 2.19 bits per heavy atom. The quantitative estimate of drug-likeness (QED) is 0.533. The summed E-state index contributed by atoms with van der Waals surface area (Å²) >= 11 is 0. The van der Waals surface area contributed by atoms with Crippen LogP contribution in [0.1, 0.15) is 96.0 Å². The van der Waals surface area contributed by atoms with E-state index in [9.17, 15) is 14.4 Å².